The Balaban J connectivity index is 1.84. The maximum absolute atomic E-state index is 12.1. The number of hydrogen-bond donors (Lipinski definition) is 2. The molecule has 1 aliphatic rings. The molecule has 0 radical (unpaired) electrons. The molecule has 2 N–H and O–H groups in total. The minimum Gasteiger partial charge on any atom is -0.356 e. The smallest absolute Gasteiger partial charge is 0.227 e. The molecule has 0 unspecified atom stereocenters. The van der Waals surface area contributed by atoms with Gasteiger partial charge in [0.15, 0.2) is 15.8 Å². The van der Waals surface area contributed by atoms with Gasteiger partial charge in [-0.25, -0.2) is 13.4 Å². The van der Waals surface area contributed by atoms with Gasteiger partial charge < -0.3 is 15.5 Å². The summed E-state index contributed by atoms with van der Waals surface area (Å²) in [6, 6.07) is 3.64. The van der Waals surface area contributed by atoms with Crippen LogP contribution in [0.2, 0.25) is 0 Å². The fraction of sp³-hybridized carbons (Fsp3) is 0.588. The number of carbonyl (C=O) groups is 1. The summed E-state index contributed by atoms with van der Waals surface area (Å²) in [4.78, 5) is 22.3. The third kappa shape index (κ3) is 4.94. The van der Waals surface area contributed by atoms with Gasteiger partial charge in [-0.2, -0.15) is 0 Å². The molecule has 0 atom stereocenters. The van der Waals surface area contributed by atoms with Crippen LogP contribution in [0.15, 0.2) is 23.3 Å². The van der Waals surface area contributed by atoms with Gasteiger partial charge in [-0.3, -0.25) is 9.79 Å². The number of nitrogens with zero attached hydrogens (tertiary/aromatic N) is 3. The number of carbonyl (C=O) groups excluding carboxylic acids is 1. The van der Waals surface area contributed by atoms with E-state index in [4.69, 9.17) is 0 Å². The van der Waals surface area contributed by atoms with E-state index in [1.165, 1.54) is 0 Å². The molecule has 8 nitrogen and oxygen atoms in total. The summed E-state index contributed by atoms with van der Waals surface area (Å²) in [7, 11) is -1.46. The molecule has 1 aromatic heterocycles. The van der Waals surface area contributed by atoms with Gasteiger partial charge in [0.2, 0.25) is 5.91 Å². The Kier molecular flexibility index (Phi) is 6.22. The summed E-state index contributed by atoms with van der Waals surface area (Å²) >= 11 is 0. The highest BCUT2D eigenvalue weighted by Gasteiger charge is 2.40. The number of aryl methyl sites for hydroxylation is 1. The monoisotopic (exact) mass is 381 g/mol. The average molecular weight is 382 g/mol. The topological polar surface area (TPSA) is 104 Å². The highest BCUT2D eigenvalue weighted by molar-refractivity contribution is 7.92. The molecule has 26 heavy (non-hydrogen) atoms. The summed E-state index contributed by atoms with van der Waals surface area (Å²) in [5.41, 5.74) is 1.03. The molecule has 0 aliphatic carbocycles. The van der Waals surface area contributed by atoms with Gasteiger partial charge in [0.25, 0.3) is 0 Å². The number of pyridine rings is 1. The second-order valence-corrected chi connectivity index (χ2v) is 9.74. The van der Waals surface area contributed by atoms with Crippen molar-refractivity contribution in [2.45, 2.75) is 31.9 Å². The zero-order valence-corrected chi connectivity index (χ0v) is 16.6. The zero-order chi connectivity index (χ0) is 19.4. The summed E-state index contributed by atoms with van der Waals surface area (Å²) < 4.78 is 23.4. The molecule has 0 aromatic carbocycles. The SMILES string of the molecule is CN=C(NCCC(=O)Nc1ccc(C)cn1)N1CCS(=O)(=O)C(C)(C)C1. The van der Waals surface area contributed by atoms with Crippen LogP contribution >= 0.6 is 0 Å². The van der Waals surface area contributed by atoms with Crippen molar-refractivity contribution in [3.63, 3.8) is 0 Å². The predicted molar refractivity (Wildman–Crippen MR) is 103 cm³/mol. The Morgan fingerprint density at radius 1 is 1.38 bits per heavy atom. The molecule has 1 saturated heterocycles. The Labute approximate surface area is 155 Å². The summed E-state index contributed by atoms with van der Waals surface area (Å²) in [6.45, 7) is 6.54. The lowest BCUT2D eigenvalue weighted by Crippen LogP contribution is -2.57. The molecule has 0 bridgehead atoms. The molecule has 0 spiro atoms. The minimum absolute atomic E-state index is 0.0975. The highest BCUT2D eigenvalue weighted by Crippen LogP contribution is 2.23. The Hall–Kier alpha value is -2.16. The van der Waals surface area contributed by atoms with Crippen LogP contribution in [0.4, 0.5) is 5.82 Å². The number of rotatable bonds is 4. The van der Waals surface area contributed by atoms with Gasteiger partial charge in [0.05, 0.1) is 10.5 Å². The number of aliphatic imine (C=N–C) groups is 1. The number of amides is 1. The van der Waals surface area contributed by atoms with Gasteiger partial charge in [-0.15, -0.1) is 0 Å². The number of aromatic nitrogens is 1. The van der Waals surface area contributed by atoms with Gasteiger partial charge in [0.1, 0.15) is 5.82 Å². The molecular weight excluding hydrogens is 354 g/mol. The third-order valence-electron chi connectivity index (χ3n) is 4.37. The molecule has 1 fully saturated rings. The van der Waals surface area contributed by atoms with Crippen LogP contribution < -0.4 is 10.6 Å². The van der Waals surface area contributed by atoms with E-state index in [0.717, 1.165) is 5.56 Å². The van der Waals surface area contributed by atoms with Crippen molar-refractivity contribution < 1.29 is 13.2 Å². The van der Waals surface area contributed by atoms with Gasteiger partial charge in [-0.1, -0.05) is 6.07 Å². The molecular formula is C17H27N5O3S. The molecule has 144 valence electrons. The number of nitrogens with one attached hydrogen (secondary N) is 2. The van der Waals surface area contributed by atoms with Crippen LogP contribution in [-0.2, 0) is 14.6 Å². The number of sulfone groups is 1. The van der Waals surface area contributed by atoms with Crippen molar-refractivity contribution in [3.05, 3.63) is 23.9 Å². The number of hydrogen-bond acceptors (Lipinski definition) is 5. The first kappa shape index (κ1) is 20.2. The van der Waals surface area contributed by atoms with Crippen LogP contribution in [0.3, 0.4) is 0 Å². The van der Waals surface area contributed by atoms with Crippen molar-refractivity contribution in [1.29, 1.82) is 0 Å². The lowest BCUT2D eigenvalue weighted by atomic mass is 10.2. The predicted octanol–water partition coefficient (Wildman–Crippen LogP) is 0.803. The molecule has 1 aliphatic heterocycles. The van der Waals surface area contributed by atoms with Crippen molar-refractivity contribution in [3.8, 4) is 0 Å². The van der Waals surface area contributed by atoms with E-state index in [1.54, 1.807) is 33.2 Å². The van der Waals surface area contributed by atoms with Crippen LogP contribution in [-0.4, -0.2) is 67.4 Å². The first-order chi connectivity index (χ1) is 12.1. The minimum atomic E-state index is -3.10. The van der Waals surface area contributed by atoms with E-state index < -0.39 is 14.6 Å². The maximum Gasteiger partial charge on any atom is 0.227 e. The van der Waals surface area contributed by atoms with E-state index in [0.29, 0.717) is 31.4 Å². The zero-order valence-electron chi connectivity index (χ0n) is 15.7. The largest absolute Gasteiger partial charge is 0.356 e. The molecule has 1 amide bonds. The van der Waals surface area contributed by atoms with E-state index in [-0.39, 0.29) is 18.1 Å². The van der Waals surface area contributed by atoms with E-state index in [9.17, 15) is 13.2 Å². The number of guanidine groups is 1. The normalized spacial score (nSPS) is 19.1. The van der Waals surface area contributed by atoms with Crippen molar-refractivity contribution in [1.82, 2.24) is 15.2 Å². The van der Waals surface area contributed by atoms with Gasteiger partial charge >= 0.3 is 0 Å². The summed E-state index contributed by atoms with van der Waals surface area (Å²) in [5.74, 6) is 1.08. The Morgan fingerprint density at radius 2 is 2.12 bits per heavy atom. The van der Waals surface area contributed by atoms with Crippen LogP contribution in [0, 0.1) is 6.92 Å². The lowest BCUT2D eigenvalue weighted by molar-refractivity contribution is -0.116. The average Bonchev–Trinajstić information content (AvgIpc) is 2.56. The quantitative estimate of drug-likeness (QED) is 0.591. The van der Waals surface area contributed by atoms with Crippen molar-refractivity contribution in [2.75, 3.05) is 37.8 Å². The molecule has 2 rings (SSSR count). The summed E-state index contributed by atoms with van der Waals surface area (Å²) in [6.07, 6.45) is 1.95. The second kappa shape index (κ2) is 8.03. The Bertz CT molecular complexity index is 772. The van der Waals surface area contributed by atoms with Crippen LogP contribution in [0.1, 0.15) is 25.8 Å². The van der Waals surface area contributed by atoms with E-state index in [1.807, 2.05) is 17.9 Å². The Morgan fingerprint density at radius 3 is 2.69 bits per heavy atom. The van der Waals surface area contributed by atoms with E-state index in [2.05, 4.69) is 20.6 Å². The van der Waals surface area contributed by atoms with Crippen molar-refractivity contribution in [2.24, 2.45) is 4.99 Å². The maximum atomic E-state index is 12.1. The summed E-state index contributed by atoms with van der Waals surface area (Å²) in [5, 5.41) is 5.87. The standard InChI is InChI=1S/C17H27N5O3S/c1-13-5-6-14(20-11-13)21-15(23)7-8-19-16(18-4)22-9-10-26(24,25)17(2,3)12-22/h5-6,11H,7-10,12H2,1-4H3,(H,18,19)(H,20,21,23). The first-order valence-corrected chi connectivity index (χ1v) is 10.2. The lowest BCUT2D eigenvalue weighted by Gasteiger charge is -2.39. The highest BCUT2D eigenvalue weighted by atomic mass is 32.2. The van der Waals surface area contributed by atoms with Gasteiger partial charge in [0, 0.05) is 39.3 Å². The number of anilines is 1. The molecule has 0 saturated carbocycles. The fourth-order valence-corrected chi connectivity index (χ4v) is 4.06. The van der Waals surface area contributed by atoms with Crippen molar-refractivity contribution >= 4 is 27.5 Å². The van der Waals surface area contributed by atoms with Crippen LogP contribution in [0.25, 0.3) is 0 Å². The van der Waals surface area contributed by atoms with E-state index >= 15 is 0 Å². The first-order valence-electron chi connectivity index (χ1n) is 8.55. The van der Waals surface area contributed by atoms with Crippen LogP contribution in [0.5, 0.6) is 0 Å². The second-order valence-electron chi connectivity index (χ2n) is 6.99. The molecule has 1 aromatic rings. The fourth-order valence-electron chi connectivity index (χ4n) is 2.69. The molecule has 9 heteroatoms. The third-order valence-corrected chi connectivity index (χ3v) is 6.90. The molecule has 2 heterocycles. The van der Waals surface area contributed by atoms with Gasteiger partial charge in [-0.05, 0) is 32.4 Å².